The average molecular weight is 237 g/mol. The number of hydrogen-bond acceptors (Lipinski definition) is 3. The van der Waals surface area contributed by atoms with E-state index in [0.29, 0.717) is 12.5 Å². The van der Waals surface area contributed by atoms with Crippen molar-refractivity contribution in [2.24, 2.45) is 0 Å². The molecule has 0 radical (unpaired) electrons. The third kappa shape index (κ3) is 7.76. The molecule has 0 aromatic heterocycles. The summed E-state index contributed by atoms with van der Waals surface area (Å²) in [6, 6.07) is 0.487. The summed E-state index contributed by atoms with van der Waals surface area (Å²) in [4.78, 5) is 2.34. The van der Waals surface area contributed by atoms with Crippen LogP contribution in [0.15, 0.2) is 0 Å². The molecule has 0 aromatic rings. The van der Waals surface area contributed by atoms with Crippen molar-refractivity contribution in [3.05, 3.63) is 0 Å². The van der Waals surface area contributed by atoms with Gasteiger partial charge in [0, 0.05) is 6.04 Å². The first kappa shape index (κ1) is 14.9. The van der Waals surface area contributed by atoms with Crippen molar-refractivity contribution in [3.8, 4) is 0 Å². The van der Waals surface area contributed by atoms with Gasteiger partial charge in [0.25, 0.3) is 10.1 Å². The molecule has 0 aliphatic carbocycles. The Morgan fingerprint density at radius 1 is 1.20 bits per heavy atom. The van der Waals surface area contributed by atoms with Crippen molar-refractivity contribution in [2.45, 2.75) is 46.1 Å². The van der Waals surface area contributed by atoms with Crippen LogP contribution in [0.1, 0.15) is 40.0 Å². The number of nitrogens with zero attached hydrogens (tertiary/aromatic N) is 1. The van der Waals surface area contributed by atoms with E-state index >= 15 is 0 Å². The quantitative estimate of drug-likeness (QED) is 0.516. The predicted molar refractivity (Wildman–Crippen MR) is 62.6 cm³/mol. The highest BCUT2D eigenvalue weighted by molar-refractivity contribution is 7.85. The molecular weight excluding hydrogens is 214 g/mol. The minimum absolute atomic E-state index is 0.113. The Labute approximate surface area is 93.4 Å². The molecule has 4 nitrogen and oxygen atoms in total. The largest absolute Gasteiger partial charge is 0.301 e. The summed E-state index contributed by atoms with van der Waals surface area (Å²) in [6.07, 6.45) is 2.37. The fraction of sp³-hybridized carbons (Fsp3) is 1.00. The van der Waals surface area contributed by atoms with E-state index in [-0.39, 0.29) is 5.75 Å². The van der Waals surface area contributed by atoms with E-state index in [0.717, 1.165) is 25.9 Å². The summed E-state index contributed by atoms with van der Waals surface area (Å²) >= 11 is 0. The predicted octanol–water partition coefficient (Wildman–Crippen LogP) is 1.77. The summed E-state index contributed by atoms with van der Waals surface area (Å²) in [6.45, 7) is 8.45. The van der Waals surface area contributed by atoms with Crippen molar-refractivity contribution >= 4 is 10.1 Å². The minimum atomic E-state index is -3.77. The lowest BCUT2D eigenvalue weighted by Crippen LogP contribution is -2.32. The van der Waals surface area contributed by atoms with Gasteiger partial charge in [-0.3, -0.25) is 4.55 Å². The van der Waals surface area contributed by atoms with Gasteiger partial charge in [-0.25, -0.2) is 0 Å². The molecule has 15 heavy (non-hydrogen) atoms. The second-order valence-electron chi connectivity index (χ2n) is 3.85. The van der Waals surface area contributed by atoms with Crippen LogP contribution in [0.25, 0.3) is 0 Å². The zero-order valence-electron chi connectivity index (χ0n) is 9.94. The summed E-state index contributed by atoms with van der Waals surface area (Å²) in [5.74, 6) is -0.113. The summed E-state index contributed by atoms with van der Waals surface area (Å²) in [5, 5.41) is 0. The molecule has 0 heterocycles. The van der Waals surface area contributed by atoms with Gasteiger partial charge in [0.2, 0.25) is 0 Å². The van der Waals surface area contributed by atoms with E-state index in [9.17, 15) is 8.42 Å². The van der Waals surface area contributed by atoms with Crippen LogP contribution in [-0.4, -0.2) is 42.8 Å². The van der Waals surface area contributed by atoms with Crippen LogP contribution in [-0.2, 0) is 10.1 Å². The molecule has 0 saturated heterocycles. The maximum Gasteiger partial charge on any atom is 0.264 e. The van der Waals surface area contributed by atoms with Gasteiger partial charge in [-0.05, 0) is 32.9 Å². The van der Waals surface area contributed by atoms with E-state index in [1.165, 1.54) is 0 Å². The SMILES string of the molecule is CCN(CC)C(C)CCCCS(=O)(=O)O. The lowest BCUT2D eigenvalue weighted by atomic mass is 10.1. The lowest BCUT2D eigenvalue weighted by molar-refractivity contribution is 0.218. The smallest absolute Gasteiger partial charge is 0.264 e. The highest BCUT2D eigenvalue weighted by atomic mass is 32.2. The van der Waals surface area contributed by atoms with Crippen molar-refractivity contribution in [1.82, 2.24) is 4.90 Å². The molecule has 0 aromatic carbocycles. The van der Waals surface area contributed by atoms with Crippen LogP contribution in [0, 0.1) is 0 Å². The maximum atomic E-state index is 10.5. The van der Waals surface area contributed by atoms with E-state index < -0.39 is 10.1 Å². The van der Waals surface area contributed by atoms with Gasteiger partial charge in [0.05, 0.1) is 5.75 Å². The van der Waals surface area contributed by atoms with Gasteiger partial charge < -0.3 is 4.90 Å². The molecule has 0 bridgehead atoms. The average Bonchev–Trinajstić information content (AvgIpc) is 2.13. The van der Waals surface area contributed by atoms with Gasteiger partial charge in [0.15, 0.2) is 0 Å². The standard InChI is InChI=1S/C10H23NO3S/c1-4-11(5-2)10(3)8-6-7-9-15(12,13)14/h10H,4-9H2,1-3H3,(H,12,13,14). The van der Waals surface area contributed by atoms with Crippen LogP contribution in [0.5, 0.6) is 0 Å². The zero-order valence-corrected chi connectivity index (χ0v) is 10.8. The second-order valence-corrected chi connectivity index (χ2v) is 5.42. The Morgan fingerprint density at radius 2 is 1.73 bits per heavy atom. The lowest BCUT2D eigenvalue weighted by Gasteiger charge is -2.26. The first-order valence-corrected chi connectivity index (χ1v) is 7.20. The van der Waals surface area contributed by atoms with Gasteiger partial charge in [-0.2, -0.15) is 8.42 Å². The Kier molecular flexibility index (Phi) is 7.13. The fourth-order valence-electron chi connectivity index (χ4n) is 1.75. The minimum Gasteiger partial charge on any atom is -0.301 e. The summed E-state index contributed by atoms with van der Waals surface area (Å²) in [5.41, 5.74) is 0. The first-order valence-electron chi connectivity index (χ1n) is 5.60. The number of hydrogen-bond donors (Lipinski definition) is 1. The third-order valence-corrected chi connectivity index (χ3v) is 3.51. The second kappa shape index (κ2) is 7.19. The van der Waals surface area contributed by atoms with Crippen molar-refractivity contribution in [1.29, 1.82) is 0 Å². The molecule has 0 fully saturated rings. The number of unbranched alkanes of at least 4 members (excludes halogenated alkanes) is 1. The zero-order chi connectivity index (χ0) is 11.9. The highest BCUT2D eigenvalue weighted by Gasteiger charge is 2.10. The van der Waals surface area contributed by atoms with Crippen LogP contribution >= 0.6 is 0 Å². The Hall–Kier alpha value is -0.130. The van der Waals surface area contributed by atoms with Crippen molar-refractivity contribution in [3.63, 3.8) is 0 Å². The summed E-state index contributed by atoms with van der Waals surface area (Å²) < 4.78 is 29.5. The molecule has 0 aliphatic rings. The molecule has 92 valence electrons. The van der Waals surface area contributed by atoms with Gasteiger partial charge >= 0.3 is 0 Å². The molecule has 0 aliphatic heterocycles. The molecule has 0 amide bonds. The molecule has 1 atom stereocenters. The Bertz CT molecular complexity index is 247. The van der Waals surface area contributed by atoms with Gasteiger partial charge in [-0.15, -0.1) is 0 Å². The fourth-order valence-corrected chi connectivity index (χ4v) is 2.32. The normalized spacial score (nSPS) is 14.5. The van der Waals surface area contributed by atoms with E-state index in [2.05, 4.69) is 25.7 Å². The van der Waals surface area contributed by atoms with Crippen LogP contribution in [0.2, 0.25) is 0 Å². The first-order chi connectivity index (χ1) is 6.90. The molecule has 1 unspecified atom stereocenters. The van der Waals surface area contributed by atoms with Crippen LogP contribution in [0.3, 0.4) is 0 Å². The van der Waals surface area contributed by atoms with Crippen LogP contribution in [0.4, 0.5) is 0 Å². The van der Waals surface area contributed by atoms with Gasteiger partial charge in [-0.1, -0.05) is 20.3 Å². The number of rotatable bonds is 8. The molecule has 0 rings (SSSR count). The molecule has 0 saturated carbocycles. The molecular formula is C10H23NO3S. The van der Waals surface area contributed by atoms with Crippen molar-refractivity contribution < 1.29 is 13.0 Å². The monoisotopic (exact) mass is 237 g/mol. The van der Waals surface area contributed by atoms with Gasteiger partial charge in [0.1, 0.15) is 0 Å². The topological polar surface area (TPSA) is 57.6 Å². The highest BCUT2D eigenvalue weighted by Crippen LogP contribution is 2.08. The van der Waals surface area contributed by atoms with Crippen molar-refractivity contribution in [2.75, 3.05) is 18.8 Å². The Balaban J connectivity index is 3.67. The van der Waals surface area contributed by atoms with E-state index in [1.54, 1.807) is 0 Å². The summed E-state index contributed by atoms with van der Waals surface area (Å²) in [7, 11) is -3.77. The van der Waals surface area contributed by atoms with E-state index in [1.807, 2.05) is 0 Å². The maximum absolute atomic E-state index is 10.5. The Morgan fingerprint density at radius 3 is 2.13 bits per heavy atom. The molecule has 0 spiro atoms. The van der Waals surface area contributed by atoms with Crippen LogP contribution < -0.4 is 0 Å². The molecule has 1 N–H and O–H groups in total. The van der Waals surface area contributed by atoms with E-state index in [4.69, 9.17) is 4.55 Å². The third-order valence-electron chi connectivity index (χ3n) is 2.71. The molecule has 5 heteroatoms.